The molecular weight excluding hydrogens is 224 g/mol. The minimum Gasteiger partial charge on any atom is -0.381 e. The van der Waals surface area contributed by atoms with E-state index in [0.717, 1.165) is 39.1 Å². The molecule has 0 atom stereocenters. The van der Waals surface area contributed by atoms with E-state index in [-0.39, 0.29) is 0 Å². The van der Waals surface area contributed by atoms with E-state index in [1.807, 2.05) is 0 Å². The van der Waals surface area contributed by atoms with Crippen LogP contribution in [0.3, 0.4) is 0 Å². The van der Waals surface area contributed by atoms with Crippen molar-refractivity contribution in [1.29, 1.82) is 0 Å². The fraction of sp³-hybridized carbons (Fsp3) is 0.467. The van der Waals surface area contributed by atoms with Gasteiger partial charge in [0, 0.05) is 36.9 Å². The number of benzene rings is 1. The Balaban J connectivity index is 1.70. The van der Waals surface area contributed by atoms with Crippen molar-refractivity contribution in [1.82, 2.24) is 10.3 Å². The molecule has 98 valence electrons. The number of para-hydroxylation sites is 1. The Kier molecular flexibility index (Phi) is 5.24. The van der Waals surface area contributed by atoms with Crippen molar-refractivity contribution in [2.75, 3.05) is 19.8 Å². The summed E-state index contributed by atoms with van der Waals surface area (Å²) in [4.78, 5) is 3.29. The third-order valence-electron chi connectivity index (χ3n) is 2.98. The van der Waals surface area contributed by atoms with Crippen molar-refractivity contribution in [2.45, 2.75) is 26.3 Å². The average Bonchev–Trinajstić information content (AvgIpc) is 2.81. The van der Waals surface area contributed by atoms with Crippen LogP contribution >= 0.6 is 0 Å². The molecule has 2 N–H and O–H groups in total. The Morgan fingerprint density at radius 2 is 2.11 bits per heavy atom. The maximum Gasteiger partial charge on any atom is 0.0478 e. The van der Waals surface area contributed by atoms with Crippen LogP contribution in [0.15, 0.2) is 30.5 Å². The third kappa shape index (κ3) is 3.59. The van der Waals surface area contributed by atoms with Gasteiger partial charge in [0.1, 0.15) is 0 Å². The molecule has 0 saturated heterocycles. The van der Waals surface area contributed by atoms with E-state index in [2.05, 4.69) is 47.7 Å². The Hall–Kier alpha value is -1.32. The molecule has 0 fully saturated rings. The van der Waals surface area contributed by atoms with Crippen molar-refractivity contribution in [3.05, 3.63) is 36.0 Å². The van der Waals surface area contributed by atoms with Gasteiger partial charge in [-0.1, -0.05) is 25.1 Å². The molecule has 2 rings (SSSR count). The minimum absolute atomic E-state index is 0.856. The van der Waals surface area contributed by atoms with Gasteiger partial charge in [0.25, 0.3) is 0 Å². The van der Waals surface area contributed by atoms with E-state index in [1.165, 1.54) is 16.5 Å². The van der Waals surface area contributed by atoms with Crippen LogP contribution in [0.25, 0.3) is 10.9 Å². The van der Waals surface area contributed by atoms with Gasteiger partial charge in [0.2, 0.25) is 0 Å². The molecule has 3 nitrogen and oxygen atoms in total. The second kappa shape index (κ2) is 7.19. The lowest BCUT2D eigenvalue weighted by Gasteiger charge is -2.04. The van der Waals surface area contributed by atoms with Crippen LogP contribution < -0.4 is 5.32 Å². The second-order valence-electron chi connectivity index (χ2n) is 4.50. The first-order valence-corrected chi connectivity index (χ1v) is 6.75. The minimum atomic E-state index is 0.856. The number of H-pyrrole nitrogens is 1. The van der Waals surface area contributed by atoms with E-state index >= 15 is 0 Å². The SMILES string of the molecule is CCCOCCCNCc1c[nH]c2ccccc12. The van der Waals surface area contributed by atoms with Crippen LogP contribution in [0.2, 0.25) is 0 Å². The molecule has 0 amide bonds. The molecule has 0 aliphatic heterocycles. The Bertz CT molecular complexity index is 464. The summed E-state index contributed by atoms with van der Waals surface area (Å²) in [5.74, 6) is 0. The maximum absolute atomic E-state index is 5.44. The van der Waals surface area contributed by atoms with Gasteiger partial charge >= 0.3 is 0 Å². The van der Waals surface area contributed by atoms with Crippen LogP contribution in [-0.2, 0) is 11.3 Å². The van der Waals surface area contributed by atoms with Crippen molar-refractivity contribution >= 4 is 10.9 Å². The predicted molar refractivity (Wildman–Crippen MR) is 75.7 cm³/mol. The first-order chi connectivity index (χ1) is 8.92. The van der Waals surface area contributed by atoms with E-state index in [9.17, 15) is 0 Å². The van der Waals surface area contributed by atoms with Gasteiger partial charge in [-0.3, -0.25) is 0 Å². The highest BCUT2D eigenvalue weighted by atomic mass is 16.5. The summed E-state index contributed by atoms with van der Waals surface area (Å²) in [5.41, 5.74) is 2.54. The number of aromatic amines is 1. The highest BCUT2D eigenvalue weighted by Crippen LogP contribution is 2.17. The lowest BCUT2D eigenvalue weighted by molar-refractivity contribution is 0.132. The van der Waals surface area contributed by atoms with Gasteiger partial charge in [-0.05, 0) is 31.0 Å². The van der Waals surface area contributed by atoms with Gasteiger partial charge in [0.15, 0.2) is 0 Å². The van der Waals surface area contributed by atoms with Gasteiger partial charge in [-0.15, -0.1) is 0 Å². The molecule has 0 saturated carbocycles. The molecule has 0 aliphatic carbocycles. The largest absolute Gasteiger partial charge is 0.381 e. The fourth-order valence-electron chi connectivity index (χ4n) is 2.05. The number of hydrogen-bond donors (Lipinski definition) is 2. The number of aromatic nitrogens is 1. The summed E-state index contributed by atoms with van der Waals surface area (Å²) in [6, 6.07) is 8.41. The monoisotopic (exact) mass is 246 g/mol. The van der Waals surface area contributed by atoms with E-state index in [4.69, 9.17) is 4.74 Å². The molecule has 1 aromatic carbocycles. The summed E-state index contributed by atoms with van der Waals surface area (Å²) in [7, 11) is 0. The molecule has 0 unspecified atom stereocenters. The first-order valence-electron chi connectivity index (χ1n) is 6.75. The van der Waals surface area contributed by atoms with Crippen molar-refractivity contribution in [2.24, 2.45) is 0 Å². The van der Waals surface area contributed by atoms with Crippen molar-refractivity contribution in [3.63, 3.8) is 0 Å². The lowest BCUT2D eigenvalue weighted by Crippen LogP contribution is -2.16. The number of hydrogen-bond acceptors (Lipinski definition) is 2. The molecule has 0 radical (unpaired) electrons. The predicted octanol–water partition coefficient (Wildman–Crippen LogP) is 3.07. The molecular formula is C15H22N2O. The molecule has 0 spiro atoms. The first kappa shape index (κ1) is 13.1. The number of ether oxygens (including phenoxy) is 1. The Morgan fingerprint density at radius 3 is 3.00 bits per heavy atom. The summed E-state index contributed by atoms with van der Waals surface area (Å²) < 4.78 is 5.44. The topological polar surface area (TPSA) is 37.0 Å². The van der Waals surface area contributed by atoms with E-state index in [0.29, 0.717) is 0 Å². The Morgan fingerprint density at radius 1 is 1.22 bits per heavy atom. The van der Waals surface area contributed by atoms with E-state index in [1.54, 1.807) is 0 Å². The van der Waals surface area contributed by atoms with Crippen LogP contribution in [0.5, 0.6) is 0 Å². The molecule has 0 bridgehead atoms. The highest BCUT2D eigenvalue weighted by Gasteiger charge is 2.01. The van der Waals surface area contributed by atoms with E-state index < -0.39 is 0 Å². The number of nitrogens with one attached hydrogen (secondary N) is 2. The zero-order chi connectivity index (χ0) is 12.6. The van der Waals surface area contributed by atoms with Gasteiger partial charge in [-0.25, -0.2) is 0 Å². The Labute approximate surface area is 109 Å². The molecule has 0 aliphatic rings. The van der Waals surface area contributed by atoms with Gasteiger partial charge in [0.05, 0.1) is 0 Å². The van der Waals surface area contributed by atoms with Crippen LogP contribution in [0.4, 0.5) is 0 Å². The highest BCUT2D eigenvalue weighted by molar-refractivity contribution is 5.82. The summed E-state index contributed by atoms with van der Waals surface area (Å²) in [5, 5.41) is 4.77. The van der Waals surface area contributed by atoms with Crippen LogP contribution in [0, 0.1) is 0 Å². The summed E-state index contributed by atoms with van der Waals surface area (Å²) in [6.07, 6.45) is 4.26. The quantitative estimate of drug-likeness (QED) is 0.702. The molecule has 2 aromatic rings. The van der Waals surface area contributed by atoms with Crippen LogP contribution in [0.1, 0.15) is 25.3 Å². The number of fused-ring (bicyclic) bond motifs is 1. The molecule has 3 heteroatoms. The third-order valence-corrected chi connectivity index (χ3v) is 2.98. The molecule has 18 heavy (non-hydrogen) atoms. The molecule has 1 aromatic heterocycles. The lowest BCUT2D eigenvalue weighted by atomic mass is 10.2. The van der Waals surface area contributed by atoms with Gasteiger partial charge < -0.3 is 15.0 Å². The smallest absolute Gasteiger partial charge is 0.0478 e. The average molecular weight is 246 g/mol. The number of rotatable bonds is 8. The zero-order valence-corrected chi connectivity index (χ0v) is 11.0. The van der Waals surface area contributed by atoms with Gasteiger partial charge in [-0.2, -0.15) is 0 Å². The fourth-order valence-corrected chi connectivity index (χ4v) is 2.05. The van der Waals surface area contributed by atoms with Crippen molar-refractivity contribution in [3.8, 4) is 0 Å². The summed E-state index contributed by atoms with van der Waals surface area (Å²) in [6.45, 7) is 5.79. The molecule has 1 heterocycles. The normalized spacial score (nSPS) is 11.2. The maximum atomic E-state index is 5.44. The standard InChI is InChI=1S/C15H22N2O/c1-2-9-18-10-5-8-16-11-13-12-17-15-7-4-3-6-14(13)15/h3-4,6-7,12,16-17H,2,5,8-11H2,1H3. The van der Waals surface area contributed by atoms with Crippen molar-refractivity contribution < 1.29 is 4.74 Å². The zero-order valence-electron chi connectivity index (χ0n) is 11.0. The van der Waals surface area contributed by atoms with Crippen LogP contribution in [-0.4, -0.2) is 24.7 Å². The second-order valence-corrected chi connectivity index (χ2v) is 4.50. The summed E-state index contributed by atoms with van der Waals surface area (Å²) >= 11 is 0.